The molecule has 0 aromatic rings. The highest BCUT2D eigenvalue weighted by Gasteiger charge is 2.32. The van der Waals surface area contributed by atoms with Gasteiger partial charge in [-0.25, -0.2) is 8.42 Å². The molecule has 68 valence electrons. The fourth-order valence-electron chi connectivity index (χ4n) is 1.10. The van der Waals surface area contributed by atoms with E-state index in [0.717, 1.165) is 0 Å². The third-order valence-corrected chi connectivity index (χ3v) is 3.85. The topological polar surface area (TPSA) is 66.4 Å². The molecular formula is C6H15NO3S. The Morgan fingerprint density at radius 3 is 2.27 bits per heavy atom. The van der Waals surface area contributed by atoms with Crippen molar-refractivity contribution in [2.75, 3.05) is 11.5 Å². The fraction of sp³-hybridized carbons (Fsp3) is 1.00. The first-order valence-corrected chi connectivity index (χ1v) is 5.41. The Morgan fingerprint density at radius 1 is 1.45 bits per heavy atom. The second-order valence-corrected chi connectivity index (χ2v) is 5.63. The molecule has 0 amide bonds. The monoisotopic (exact) mass is 181 g/mol. The van der Waals surface area contributed by atoms with Gasteiger partial charge in [0.25, 0.3) is 0 Å². The summed E-state index contributed by atoms with van der Waals surface area (Å²) in [5.41, 5.74) is 1.76. The molecule has 0 bridgehead atoms. The van der Waals surface area contributed by atoms with Crippen molar-refractivity contribution in [1.82, 2.24) is 5.48 Å². The highest BCUT2D eigenvalue weighted by atomic mass is 32.2. The Morgan fingerprint density at radius 2 is 1.91 bits per heavy atom. The van der Waals surface area contributed by atoms with Gasteiger partial charge in [0.2, 0.25) is 0 Å². The van der Waals surface area contributed by atoms with Crippen LogP contribution in [-0.2, 0) is 9.84 Å². The second-order valence-electron chi connectivity index (χ2n) is 3.32. The van der Waals surface area contributed by atoms with Crippen molar-refractivity contribution in [3.05, 3.63) is 0 Å². The maximum Gasteiger partial charge on any atom is 0.150 e. The van der Waals surface area contributed by atoms with Crippen LogP contribution in [0.4, 0.5) is 0 Å². The lowest BCUT2D eigenvalue weighted by atomic mass is 9.96. The molecule has 0 aromatic heterocycles. The molecule has 5 heteroatoms. The number of sulfone groups is 1. The van der Waals surface area contributed by atoms with Gasteiger partial charge in [-0.05, 0) is 19.8 Å². The van der Waals surface area contributed by atoms with E-state index >= 15 is 0 Å². The highest BCUT2D eigenvalue weighted by molar-refractivity contribution is 7.91. The fourth-order valence-corrected chi connectivity index (χ4v) is 2.83. The van der Waals surface area contributed by atoms with Gasteiger partial charge >= 0.3 is 0 Å². The molecule has 1 aliphatic heterocycles. The Kier molecular flexibility index (Phi) is 2.22. The van der Waals surface area contributed by atoms with Crippen LogP contribution in [0.5, 0.6) is 0 Å². The van der Waals surface area contributed by atoms with Crippen LogP contribution in [0.3, 0.4) is 0 Å². The standard InChI is InChI=1S/C6H13NO3S.H2/c1-6(7-8)2-4-11(9,10)5-3-6;/h7-8H,2-5H2,1H3;1H. The molecule has 0 aromatic carbocycles. The molecule has 1 saturated heterocycles. The molecule has 1 rings (SSSR count). The van der Waals surface area contributed by atoms with E-state index < -0.39 is 15.4 Å². The summed E-state index contributed by atoms with van der Waals surface area (Å²) in [6, 6.07) is 0. The Labute approximate surface area is 68.0 Å². The van der Waals surface area contributed by atoms with Gasteiger partial charge in [0.15, 0.2) is 0 Å². The average Bonchev–Trinajstić information content (AvgIpc) is 1.97. The molecule has 0 aliphatic carbocycles. The quantitative estimate of drug-likeness (QED) is 0.566. The van der Waals surface area contributed by atoms with Crippen LogP contribution in [0, 0.1) is 0 Å². The molecular weight excluding hydrogens is 166 g/mol. The lowest BCUT2D eigenvalue weighted by Gasteiger charge is -2.31. The summed E-state index contributed by atoms with van der Waals surface area (Å²) in [7, 11) is -2.82. The number of nitrogens with one attached hydrogen (secondary N) is 1. The minimum absolute atomic E-state index is 0. The summed E-state index contributed by atoms with van der Waals surface area (Å²) in [6.45, 7) is 1.82. The van der Waals surface area contributed by atoms with E-state index in [4.69, 9.17) is 5.21 Å². The van der Waals surface area contributed by atoms with E-state index in [2.05, 4.69) is 5.48 Å². The van der Waals surface area contributed by atoms with Gasteiger partial charge in [0, 0.05) is 6.97 Å². The van der Waals surface area contributed by atoms with Crippen molar-refractivity contribution in [3.8, 4) is 0 Å². The van der Waals surface area contributed by atoms with Gasteiger partial charge in [0.1, 0.15) is 9.84 Å². The first-order valence-electron chi connectivity index (χ1n) is 3.59. The van der Waals surface area contributed by atoms with Crippen LogP contribution in [0.25, 0.3) is 0 Å². The van der Waals surface area contributed by atoms with Gasteiger partial charge in [-0.2, -0.15) is 5.48 Å². The van der Waals surface area contributed by atoms with E-state index in [9.17, 15) is 8.42 Å². The summed E-state index contributed by atoms with van der Waals surface area (Å²) >= 11 is 0. The van der Waals surface area contributed by atoms with Crippen LogP contribution in [0.1, 0.15) is 21.2 Å². The Bertz CT molecular complexity index is 225. The molecule has 4 nitrogen and oxygen atoms in total. The van der Waals surface area contributed by atoms with Crippen LogP contribution in [0.2, 0.25) is 0 Å². The summed E-state index contributed by atoms with van der Waals surface area (Å²) in [4.78, 5) is 0. The highest BCUT2D eigenvalue weighted by Crippen LogP contribution is 2.22. The summed E-state index contributed by atoms with van der Waals surface area (Å²) in [5.74, 6) is 0.355. The molecule has 0 spiro atoms. The molecule has 2 N–H and O–H groups in total. The minimum atomic E-state index is -2.82. The summed E-state index contributed by atoms with van der Waals surface area (Å²) < 4.78 is 21.9. The summed E-state index contributed by atoms with van der Waals surface area (Å²) in [6.07, 6.45) is 0.984. The smallest absolute Gasteiger partial charge is 0.150 e. The largest absolute Gasteiger partial charge is 0.316 e. The SMILES string of the molecule is CC1(NO)CCS(=O)(=O)CC1.[HH]. The van der Waals surface area contributed by atoms with Crippen molar-refractivity contribution >= 4 is 9.84 Å². The first-order chi connectivity index (χ1) is 4.97. The zero-order chi connectivity index (χ0) is 8.54. The van der Waals surface area contributed by atoms with Crippen molar-refractivity contribution in [2.45, 2.75) is 25.3 Å². The van der Waals surface area contributed by atoms with Crippen molar-refractivity contribution in [2.24, 2.45) is 0 Å². The van der Waals surface area contributed by atoms with E-state index in [-0.39, 0.29) is 12.9 Å². The summed E-state index contributed by atoms with van der Waals surface area (Å²) in [5, 5.41) is 8.68. The predicted molar refractivity (Wildman–Crippen MR) is 43.3 cm³/mol. The second kappa shape index (κ2) is 2.73. The zero-order valence-corrected chi connectivity index (χ0v) is 7.32. The minimum Gasteiger partial charge on any atom is -0.316 e. The lowest BCUT2D eigenvalue weighted by molar-refractivity contribution is 0.0651. The van der Waals surface area contributed by atoms with Gasteiger partial charge in [-0.15, -0.1) is 0 Å². The third kappa shape index (κ3) is 2.15. The first kappa shape index (κ1) is 8.96. The van der Waals surface area contributed by atoms with E-state index in [1.165, 1.54) is 0 Å². The molecule has 1 heterocycles. The van der Waals surface area contributed by atoms with Crippen LogP contribution in [-0.4, -0.2) is 30.7 Å². The molecule has 1 aliphatic rings. The molecule has 0 unspecified atom stereocenters. The van der Waals surface area contributed by atoms with Crippen molar-refractivity contribution in [3.63, 3.8) is 0 Å². The predicted octanol–water partition coefficient (Wildman–Crippen LogP) is 0.179. The van der Waals surface area contributed by atoms with Crippen LogP contribution < -0.4 is 5.48 Å². The number of rotatable bonds is 1. The van der Waals surface area contributed by atoms with Crippen molar-refractivity contribution in [1.29, 1.82) is 0 Å². The normalized spacial score (nSPS) is 28.2. The average molecular weight is 181 g/mol. The molecule has 11 heavy (non-hydrogen) atoms. The van der Waals surface area contributed by atoms with Crippen molar-refractivity contribution < 1.29 is 15.1 Å². The maximum absolute atomic E-state index is 10.9. The van der Waals surface area contributed by atoms with Gasteiger partial charge in [-0.3, -0.25) is 0 Å². The van der Waals surface area contributed by atoms with Gasteiger partial charge < -0.3 is 5.21 Å². The number of hydrogen-bond acceptors (Lipinski definition) is 4. The number of hydroxylamine groups is 1. The molecule has 0 atom stereocenters. The zero-order valence-electron chi connectivity index (χ0n) is 6.50. The van der Waals surface area contributed by atoms with Gasteiger partial charge in [-0.1, -0.05) is 0 Å². The Balaban J connectivity index is 0.00000121. The molecule has 1 fully saturated rings. The van der Waals surface area contributed by atoms with E-state index in [0.29, 0.717) is 12.8 Å². The number of hydrogen-bond donors (Lipinski definition) is 2. The third-order valence-electron chi connectivity index (χ3n) is 2.20. The lowest BCUT2D eigenvalue weighted by Crippen LogP contribution is -2.46. The van der Waals surface area contributed by atoms with E-state index in [1.807, 2.05) is 6.92 Å². The maximum atomic E-state index is 10.9. The van der Waals surface area contributed by atoms with Crippen LogP contribution >= 0.6 is 0 Å². The molecule has 0 radical (unpaired) electrons. The van der Waals surface area contributed by atoms with E-state index in [1.54, 1.807) is 0 Å². The van der Waals surface area contributed by atoms with Crippen LogP contribution in [0.15, 0.2) is 0 Å². The van der Waals surface area contributed by atoms with Gasteiger partial charge in [0.05, 0.1) is 11.5 Å². The Hall–Kier alpha value is -0.130. The molecule has 0 saturated carbocycles.